The van der Waals surface area contributed by atoms with Crippen molar-refractivity contribution in [2.24, 2.45) is 10.9 Å². The van der Waals surface area contributed by atoms with Gasteiger partial charge < -0.3 is 10.9 Å². The number of rotatable bonds is 4. The smallest absolute Gasteiger partial charge is 0.171 e. The molecule has 2 rings (SSSR count). The first-order chi connectivity index (χ1) is 9.60. The maximum absolute atomic E-state index is 13.2. The van der Waals surface area contributed by atoms with Crippen LogP contribution in [0.5, 0.6) is 0 Å². The molecule has 2 aromatic carbocycles. The molecule has 104 valence electrons. The lowest BCUT2D eigenvalue weighted by molar-refractivity contribution is 0.318. The molecule has 0 unspecified atom stereocenters. The maximum Gasteiger partial charge on any atom is 0.171 e. The fourth-order valence-corrected chi connectivity index (χ4v) is 2.75. The standard InChI is InChI=1S/C14H12ClFN2OS/c15-10-3-1-9(2-4-10)8-20-13-6-5-11(16)7-12(13)14(17)18-19/h1-7,19H,8H2,(H2,17,18). The van der Waals surface area contributed by atoms with Gasteiger partial charge in [-0.05, 0) is 35.9 Å². The van der Waals surface area contributed by atoms with Crippen molar-refractivity contribution in [2.75, 3.05) is 0 Å². The van der Waals surface area contributed by atoms with E-state index in [4.69, 9.17) is 22.5 Å². The van der Waals surface area contributed by atoms with Crippen LogP contribution >= 0.6 is 23.4 Å². The molecule has 6 heteroatoms. The Bertz CT molecular complexity index is 632. The normalized spacial score (nSPS) is 11.6. The fourth-order valence-electron chi connectivity index (χ4n) is 1.62. The van der Waals surface area contributed by atoms with Crippen LogP contribution in [0.25, 0.3) is 0 Å². The lowest BCUT2D eigenvalue weighted by atomic mass is 10.2. The van der Waals surface area contributed by atoms with E-state index in [1.54, 1.807) is 6.07 Å². The highest BCUT2D eigenvalue weighted by atomic mass is 35.5. The summed E-state index contributed by atoms with van der Waals surface area (Å²) in [6.07, 6.45) is 0. The van der Waals surface area contributed by atoms with Gasteiger partial charge in [-0.3, -0.25) is 0 Å². The van der Waals surface area contributed by atoms with Crippen LogP contribution in [-0.4, -0.2) is 11.0 Å². The predicted octanol–water partition coefficient (Wildman–Crippen LogP) is 3.87. The van der Waals surface area contributed by atoms with E-state index in [0.29, 0.717) is 16.3 Å². The molecule has 0 aliphatic carbocycles. The van der Waals surface area contributed by atoms with E-state index in [2.05, 4.69) is 5.16 Å². The molecular formula is C14H12ClFN2OS. The lowest BCUT2D eigenvalue weighted by Gasteiger charge is -2.08. The molecule has 2 aromatic rings. The summed E-state index contributed by atoms with van der Waals surface area (Å²) >= 11 is 7.30. The van der Waals surface area contributed by atoms with E-state index in [1.165, 1.54) is 23.9 Å². The van der Waals surface area contributed by atoms with Crippen LogP contribution in [-0.2, 0) is 5.75 Å². The number of thioether (sulfide) groups is 1. The molecule has 3 nitrogen and oxygen atoms in total. The Kier molecular flexibility index (Phi) is 4.87. The Morgan fingerprint density at radius 2 is 1.95 bits per heavy atom. The average molecular weight is 311 g/mol. The van der Waals surface area contributed by atoms with Gasteiger partial charge in [-0.25, -0.2) is 4.39 Å². The molecule has 0 saturated carbocycles. The van der Waals surface area contributed by atoms with Crippen molar-refractivity contribution in [2.45, 2.75) is 10.6 Å². The summed E-state index contributed by atoms with van der Waals surface area (Å²) in [6.45, 7) is 0. The molecule has 0 atom stereocenters. The Morgan fingerprint density at radius 3 is 2.60 bits per heavy atom. The largest absolute Gasteiger partial charge is 0.409 e. The van der Waals surface area contributed by atoms with E-state index >= 15 is 0 Å². The Labute approximate surface area is 125 Å². The molecule has 0 radical (unpaired) electrons. The van der Waals surface area contributed by atoms with Gasteiger partial charge in [-0.1, -0.05) is 28.9 Å². The third-order valence-electron chi connectivity index (χ3n) is 2.63. The third kappa shape index (κ3) is 3.65. The molecule has 0 aliphatic heterocycles. The van der Waals surface area contributed by atoms with Crippen molar-refractivity contribution in [1.82, 2.24) is 0 Å². The number of hydrogen-bond donors (Lipinski definition) is 2. The van der Waals surface area contributed by atoms with E-state index in [1.807, 2.05) is 24.3 Å². The number of nitrogens with two attached hydrogens (primary N) is 1. The topological polar surface area (TPSA) is 58.6 Å². The zero-order valence-corrected chi connectivity index (χ0v) is 12.0. The van der Waals surface area contributed by atoms with Gasteiger partial charge in [-0.15, -0.1) is 11.8 Å². The van der Waals surface area contributed by atoms with Crippen molar-refractivity contribution in [3.05, 3.63) is 64.4 Å². The van der Waals surface area contributed by atoms with Crippen LogP contribution in [0.4, 0.5) is 4.39 Å². The summed E-state index contributed by atoms with van der Waals surface area (Å²) in [7, 11) is 0. The zero-order chi connectivity index (χ0) is 14.5. The number of benzene rings is 2. The van der Waals surface area contributed by atoms with Gasteiger partial charge in [0.2, 0.25) is 0 Å². The Balaban J connectivity index is 2.19. The van der Waals surface area contributed by atoms with Crippen LogP contribution in [0.2, 0.25) is 5.02 Å². The van der Waals surface area contributed by atoms with Gasteiger partial charge in [0.05, 0.1) is 0 Å². The summed E-state index contributed by atoms with van der Waals surface area (Å²) in [5.74, 6) is 0.139. The van der Waals surface area contributed by atoms with Crippen molar-refractivity contribution >= 4 is 29.2 Å². The third-order valence-corrected chi connectivity index (χ3v) is 4.03. The maximum atomic E-state index is 13.2. The van der Waals surface area contributed by atoms with E-state index in [9.17, 15) is 4.39 Å². The highest BCUT2D eigenvalue weighted by molar-refractivity contribution is 7.98. The highest BCUT2D eigenvalue weighted by Gasteiger charge is 2.09. The summed E-state index contributed by atoms with van der Waals surface area (Å²) < 4.78 is 13.2. The van der Waals surface area contributed by atoms with Crippen LogP contribution in [0.3, 0.4) is 0 Å². The monoisotopic (exact) mass is 310 g/mol. The predicted molar refractivity (Wildman–Crippen MR) is 79.9 cm³/mol. The molecule has 0 amide bonds. The van der Waals surface area contributed by atoms with Gasteiger partial charge in [0, 0.05) is 21.2 Å². The van der Waals surface area contributed by atoms with Crippen molar-refractivity contribution in [1.29, 1.82) is 0 Å². The number of hydrogen-bond acceptors (Lipinski definition) is 3. The van der Waals surface area contributed by atoms with Gasteiger partial charge in [0.15, 0.2) is 5.84 Å². The zero-order valence-electron chi connectivity index (χ0n) is 10.4. The van der Waals surface area contributed by atoms with Crippen LogP contribution in [0.15, 0.2) is 52.5 Å². The fraction of sp³-hybridized carbons (Fsp3) is 0.0714. The summed E-state index contributed by atoms with van der Waals surface area (Å²) in [6, 6.07) is 11.7. The highest BCUT2D eigenvalue weighted by Crippen LogP contribution is 2.27. The number of oxime groups is 1. The second kappa shape index (κ2) is 6.63. The average Bonchev–Trinajstić information content (AvgIpc) is 2.46. The second-order valence-electron chi connectivity index (χ2n) is 4.04. The summed E-state index contributed by atoms with van der Waals surface area (Å²) in [5.41, 5.74) is 7.01. The molecule has 0 aliphatic rings. The molecule has 0 heterocycles. The Morgan fingerprint density at radius 1 is 1.25 bits per heavy atom. The molecule has 0 saturated heterocycles. The molecular weight excluding hydrogens is 299 g/mol. The molecule has 0 fully saturated rings. The molecule has 0 aromatic heterocycles. The van der Waals surface area contributed by atoms with Crippen LogP contribution in [0.1, 0.15) is 11.1 Å². The molecule has 3 N–H and O–H groups in total. The molecule has 0 spiro atoms. The van der Waals surface area contributed by atoms with Crippen LogP contribution < -0.4 is 5.73 Å². The summed E-state index contributed by atoms with van der Waals surface area (Å²) in [5, 5.41) is 12.3. The summed E-state index contributed by atoms with van der Waals surface area (Å²) in [4.78, 5) is 0.747. The first-order valence-corrected chi connectivity index (χ1v) is 7.11. The number of amidine groups is 1. The van der Waals surface area contributed by atoms with Gasteiger partial charge in [0.1, 0.15) is 5.82 Å². The molecule has 20 heavy (non-hydrogen) atoms. The van der Waals surface area contributed by atoms with Crippen LogP contribution in [0, 0.1) is 5.82 Å². The Hall–Kier alpha value is -1.72. The second-order valence-corrected chi connectivity index (χ2v) is 5.49. The van der Waals surface area contributed by atoms with Gasteiger partial charge in [-0.2, -0.15) is 0 Å². The van der Waals surface area contributed by atoms with Gasteiger partial charge in [0.25, 0.3) is 0 Å². The quantitative estimate of drug-likeness (QED) is 0.296. The lowest BCUT2D eigenvalue weighted by Crippen LogP contribution is -2.14. The van der Waals surface area contributed by atoms with Crippen molar-refractivity contribution in [3.8, 4) is 0 Å². The minimum absolute atomic E-state index is 0.108. The van der Waals surface area contributed by atoms with E-state index in [-0.39, 0.29) is 5.84 Å². The SMILES string of the molecule is N/C(=N/O)c1cc(F)ccc1SCc1ccc(Cl)cc1. The number of halogens is 2. The first-order valence-electron chi connectivity index (χ1n) is 5.75. The molecule has 0 bridgehead atoms. The minimum atomic E-state index is -0.428. The van der Waals surface area contributed by atoms with E-state index in [0.717, 1.165) is 10.5 Å². The van der Waals surface area contributed by atoms with Crippen molar-refractivity contribution in [3.63, 3.8) is 0 Å². The van der Waals surface area contributed by atoms with E-state index < -0.39 is 5.82 Å². The minimum Gasteiger partial charge on any atom is -0.409 e. The first kappa shape index (κ1) is 14.7. The van der Waals surface area contributed by atoms with Crippen molar-refractivity contribution < 1.29 is 9.60 Å². The van der Waals surface area contributed by atoms with Gasteiger partial charge >= 0.3 is 0 Å². The number of nitrogens with zero attached hydrogens (tertiary/aromatic N) is 1.